The number of carbonyl (C=O) groups excluding carboxylic acids is 2. The fourth-order valence-corrected chi connectivity index (χ4v) is 4.93. The minimum atomic E-state index is -0.703. The quantitative estimate of drug-likeness (QED) is 0.471. The van der Waals surface area contributed by atoms with Crippen LogP contribution in [0.1, 0.15) is 29.3 Å². The Bertz CT molecular complexity index is 1240. The van der Waals surface area contributed by atoms with Gasteiger partial charge in [-0.3, -0.25) is 19.7 Å². The first kappa shape index (κ1) is 20.2. The summed E-state index contributed by atoms with van der Waals surface area (Å²) in [6, 6.07) is 12.7. The molecule has 1 saturated heterocycles. The van der Waals surface area contributed by atoms with Gasteiger partial charge in [0.2, 0.25) is 11.8 Å². The van der Waals surface area contributed by atoms with Crippen molar-refractivity contribution >= 4 is 28.4 Å². The van der Waals surface area contributed by atoms with Crippen LogP contribution in [0.2, 0.25) is 0 Å². The van der Waals surface area contributed by atoms with Crippen LogP contribution in [-0.2, 0) is 16.0 Å². The Kier molecular flexibility index (Phi) is 4.90. The minimum absolute atomic E-state index is 0.0603. The summed E-state index contributed by atoms with van der Waals surface area (Å²) < 4.78 is 0. The van der Waals surface area contributed by atoms with E-state index >= 15 is 0 Å². The number of aromatic nitrogens is 1. The molecule has 1 fully saturated rings. The molecule has 2 aromatic carbocycles. The number of fused-ring (bicyclic) bond motifs is 4. The molecule has 164 valence electrons. The van der Waals surface area contributed by atoms with E-state index in [1.165, 1.54) is 17.0 Å². The van der Waals surface area contributed by atoms with Gasteiger partial charge in [-0.2, -0.15) is 0 Å². The van der Waals surface area contributed by atoms with Crippen molar-refractivity contribution in [2.75, 3.05) is 19.7 Å². The van der Waals surface area contributed by atoms with E-state index in [0.717, 1.165) is 22.2 Å². The van der Waals surface area contributed by atoms with Crippen LogP contribution in [0.25, 0.3) is 10.9 Å². The van der Waals surface area contributed by atoms with Crippen molar-refractivity contribution in [3.05, 3.63) is 75.5 Å². The molecule has 2 aliphatic rings. The molecule has 3 heterocycles. The molecule has 1 aromatic heterocycles. The summed E-state index contributed by atoms with van der Waals surface area (Å²) in [7, 11) is 0. The van der Waals surface area contributed by atoms with E-state index in [4.69, 9.17) is 0 Å². The predicted molar refractivity (Wildman–Crippen MR) is 116 cm³/mol. The van der Waals surface area contributed by atoms with E-state index in [2.05, 4.69) is 4.98 Å². The van der Waals surface area contributed by atoms with Crippen LogP contribution in [0, 0.1) is 10.1 Å². The van der Waals surface area contributed by atoms with E-state index < -0.39 is 17.0 Å². The first-order valence-corrected chi connectivity index (χ1v) is 10.5. The van der Waals surface area contributed by atoms with Crippen molar-refractivity contribution in [3.8, 4) is 0 Å². The lowest BCUT2D eigenvalue weighted by atomic mass is 9.86. The molecule has 2 aliphatic heterocycles. The Morgan fingerprint density at radius 1 is 1.16 bits per heavy atom. The van der Waals surface area contributed by atoms with Gasteiger partial charge in [-0.1, -0.05) is 30.3 Å². The lowest BCUT2D eigenvalue weighted by Crippen LogP contribution is -2.63. The highest BCUT2D eigenvalue weighted by molar-refractivity contribution is 5.97. The number of nitrogens with one attached hydrogen (secondary N) is 1. The second-order valence-electron chi connectivity index (χ2n) is 8.18. The van der Waals surface area contributed by atoms with Gasteiger partial charge >= 0.3 is 0 Å². The molecule has 0 saturated carbocycles. The number of aliphatic hydroxyl groups is 1. The van der Waals surface area contributed by atoms with Gasteiger partial charge in [-0.05, 0) is 23.6 Å². The van der Waals surface area contributed by atoms with E-state index in [0.29, 0.717) is 24.9 Å². The first-order valence-electron chi connectivity index (χ1n) is 10.5. The number of aliphatic hydroxyl groups excluding tert-OH is 1. The number of para-hydroxylation sites is 1. The average Bonchev–Trinajstić information content (AvgIpc) is 3.17. The Balaban J connectivity index is 1.68. The van der Waals surface area contributed by atoms with Gasteiger partial charge in [0.1, 0.15) is 6.04 Å². The lowest BCUT2D eigenvalue weighted by Gasteiger charge is -2.47. The number of non-ortho nitro benzene ring substituents is 1. The summed E-state index contributed by atoms with van der Waals surface area (Å²) >= 11 is 0. The van der Waals surface area contributed by atoms with Crippen molar-refractivity contribution in [1.82, 2.24) is 14.8 Å². The Labute approximate surface area is 183 Å². The number of rotatable bonds is 5. The van der Waals surface area contributed by atoms with Gasteiger partial charge in [0.25, 0.3) is 5.69 Å². The van der Waals surface area contributed by atoms with Gasteiger partial charge < -0.3 is 19.9 Å². The topological polar surface area (TPSA) is 120 Å². The normalized spacial score (nSPS) is 20.4. The van der Waals surface area contributed by atoms with Crippen LogP contribution in [-0.4, -0.2) is 62.4 Å². The zero-order valence-corrected chi connectivity index (χ0v) is 17.2. The number of amides is 2. The number of nitro benzene ring substituents is 1. The number of piperazine rings is 1. The van der Waals surface area contributed by atoms with Crippen LogP contribution in [0.4, 0.5) is 5.69 Å². The molecule has 9 nitrogen and oxygen atoms in total. The van der Waals surface area contributed by atoms with Gasteiger partial charge in [0.15, 0.2) is 0 Å². The second-order valence-corrected chi connectivity index (χ2v) is 8.18. The fourth-order valence-electron chi connectivity index (χ4n) is 4.93. The van der Waals surface area contributed by atoms with Crippen LogP contribution >= 0.6 is 0 Å². The zero-order valence-electron chi connectivity index (χ0n) is 17.2. The van der Waals surface area contributed by atoms with Gasteiger partial charge in [0, 0.05) is 48.3 Å². The zero-order chi connectivity index (χ0) is 22.4. The molecular weight excluding hydrogens is 412 g/mol. The summed E-state index contributed by atoms with van der Waals surface area (Å²) in [4.78, 5) is 44.1. The fraction of sp³-hybridized carbons (Fsp3) is 0.304. The molecule has 32 heavy (non-hydrogen) atoms. The van der Waals surface area contributed by atoms with Crippen LogP contribution in [0.3, 0.4) is 0 Å². The SMILES string of the molecule is O=C1[C@H]2Cc3c([nH]c4ccccc34)[C@H](c3cccc([N+](=O)[O-])c3)N2C(=O)CN1CCCO. The third-order valence-electron chi connectivity index (χ3n) is 6.33. The summed E-state index contributed by atoms with van der Waals surface area (Å²) in [5.41, 5.74) is 3.14. The number of hydrogen-bond donors (Lipinski definition) is 2. The monoisotopic (exact) mass is 434 g/mol. The molecule has 3 aromatic rings. The van der Waals surface area contributed by atoms with E-state index in [1.807, 2.05) is 24.3 Å². The third kappa shape index (κ3) is 3.13. The van der Waals surface area contributed by atoms with Crippen molar-refractivity contribution in [1.29, 1.82) is 0 Å². The molecule has 0 bridgehead atoms. The van der Waals surface area contributed by atoms with Gasteiger partial charge in [-0.15, -0.1) is 0 Å². The number of hydrogen-bond acceptors (Lipinski definition) is 5. The highest BCUT2D eigenvalue weighted by Crippen LogP contribution is 2.43. The van der Waals surface area contributed by atoms with E-state index in [1.54, 1.807) is 17.0 Å². The first-order chi connectivity index (χ1) is 15.5. The largest absolute Gasteiger partial charge is 0.396 e. The third-order valence-corrected chi connectivity index (χ3v) is 6.33. The lowest BCUT2D eigenvalue weighted by molar-refractivity contribution is -0.384. The van der Waals surface area contributed by atoms with Gasteiger partial charge in [-0.25, -0.2) is 0 Å². The van der Waals surface area contributed by atoms with Crippen molar-refractivity contribution in [2.45, 2.75) is 24.9 Å². The molecule has 2 N–H and O–H groups in total. The average molecular weight is 434 g/mol. The summed E-state index contributed by atoms with van der Waals surface area (Å²) in [5, 5.41) is 21.5. The highest BCUT2D eigenvalue weighted by atomic mass is 16.6. The molecule has 0 unspecified atom stereocenters. The highest BCUT2D eigenvalue weighted by Gasteiger charge is 2.48. The smallest absolute Gasteiger partial charge is 0.269 e. The van der Waals surface area contributed by atoms with E-state index in [-0.39, 0.29) is 30.7 Å². The number of aromatic amines is 1. The molecule has 0 radical (unpaired) electrons. The summed E-state index contributed by atoms with van der Waals surface area (Å²) in [6.07, 6.45) is 0.767. The van der Waals surface area contributed by atoms with Crippen LogP contribution < -0.4 is 0 Å². The van der Waals surface area contributed by atoms with Crippen molar-refractivity contribution in [2.24, 2.45) is 0 Å². The van der Waals surface area contributed by atoms with Gasteiger partial charge in [0.05, 0.1) is 17.5 Å². The second kappa shape index (κ2) is 7.76. The number of nitro groups is 1. The van der Waals surface area contributed by atoms with Crippen LogP contribution in [0.15, 0.2) is 48.5 Å². The Morgan fingerprint density at radius 2 is 1.97 bits per heavy atom. The molecular formula is C23H22N4O5. The molecule has 2 atom stereocenters. The van der Waals surface area contributed by atoms with Crippen molar-refractivity contribution in [3.63, 3.8) is 0 Å². The number of nitrogens with zero attached hydrogens (tertiary/aromatic N) is 3. The Morgan fingerprint density at radius 3 is 2.75 bits per heavy atom. The summed E-state index contributed by atoms with van der Waals surface area (Å²) in [6.45, 7) is 0.180. The number of benzene rings is 2. The van der Waals surface area contributed by atoms with Crippen molar-refractivity contribution < 1.29 is 19.6 Å². The summed E-state index contributed by atoms with van der Waals surface area (Å²) in [5.74, 6) is -0.377. The Hall–Kier alpha value is -3.72. The molecule has 9 heteroatoms. The molecule has 5 rings (SSSR count). The standard InChI is InChI=1S/C23H22N4O5/c28-10-4-9-25-13-20(29)26-19(23(25)30)12-17-16-7-1-2-8-18(16)24-21(17)22(26)14-5-3-6-15(11-14)27(31)32/h1-3,5-8,11,19,22,24,28H,4,9-10,12-13H2/t19-,22+/m1/s1. The number of carbonyl (C=O) groups is 2. The van der Waals surface area contributed by atoms with E-state index in [9.17, 15) is 24.8 Å². The number of H-pyrrole nitrogens is 1. The predicted octanol–water partition coefficient (Wildman–Crippen LogP) is 2.14. The van der Waals surface area contributed by atoms with Crippen LogP contribution in [0.5, 0.6) is 0 Å². The minimum Gasteiger partial charge on any atom is -0.396 e. The molecule has 0 spiro atoms. The maximum absolute atomic E-state index is 13.4. The maximum atomic E-state index is 13.4. The molecule has 0 aliphatic carbocycles. The maximum Gasteiger partial charge on any atom is 0.269 e. The molecule has 2 amide bonds.